The number of nitrogens with zero attached hydrogens (tertiary/aromatic N) is 1. The van der Waals surface area contributed by atoms with Gasteiger partial charge in [-0.15, -0.1) is 0 Å². The van der Waals surface area contributed by atoms with E-state index in [-0.39, 0.29) is 10.5 Å². The van der Waals surface area contributed by atoms with Crippen molar-refractivity contribution in [3.8, 4) is 0 Å². The molecule has 2 aromatic carbocycles. The van der Waals surface area contributed by atoms with E-state index in [0.717, 1.165) is 9.87 Å². The highest BCUT2D eigenvalue weighted by molar-refractivity contribution is 7.89. The van der Waals surface area contributed by atoms with Gasteiger partial charge in [-0.25, -0.2) is 12.7 Å². The Hall–Kier alpha value is -2.97. The number of rotatable bonds is 5. The van der Waals surface area contributed by atoms with E-state index in [4.69, 9.17) is 0 Å². The Balaban J connectivity index is 2.00. The molecule has 0 aromatic heterocycles. The van der Waals surface area contributed by atoms with Gasteiger partial charge >= 0.3 is 0 Å². The summed E-state index contributed by atoms with van der Waals surface area (Å²) in [6, 6.07) is 14.8. The normalized spacial score (nSPS) is 11.5. The first-order valence-electron chi connectivity index (χ1n) is 7.67. The van der Waals surface area contributed by atoms with Gasteiger partial charge in [0.25, 0.3) is 11.8 Å². The minimum absolute atomic E-state index is 0.00884. The summed E-state index contributed by atoms with van der Waals surface area (Å²) >= 11 is 0. The van der Waals surface area contributed by atoms with Gasteiger partial charge in [0.1, 0.15) is 0 Å². The number of sulfonamides is 1. The van der Waals surface area contributed by atoms with Crippen molar-refractivity contribution in [3.63, 3.8) is 0 Å². The predicted molar refractivity (Wildman–Crippen MR) is 98.4 cm³/mol. The van der Waals surface area contributed by atoms with Gasteiger partial charge in [-0.2, -0.15) is 0 Å². The van der Waals surface area contributed by atoms with Crippen molar-refractivity contribution in [2.45, 2.75) is 4.90 Å². The molecule has 0 radical (unpaired) electrons. The van der Waals surface area contributed by atoms with Crippen molar-refractivity contribution in [1.82, 2.24) is 15.2 Å². The summed E-state index contributed by atoms with van der Waals surface area (Å²) in [5, 5.41) is 0. The van der Waals surface area contributed by atoms with Gasteiger partial charge in [0.05, 0.1) is 4.90 Å². The largest absolute Gasteiger partial charge is 0.269 e. The maximum atomic E-state index is 12.1. The molecule has 2 N–H and O–H groups in total. The van der Waals surface area contributed by atoms with Crippen LogP contribution in [-0.4, -0.2) is 38.6 Å². The van der Waals surface area contributed by atoms with Gasteiger partial charge in [-0.05, 0) is 29.8 Å². The van der Waals surface area contributed by atoms with E-state index in [0.29, 0.717) is 0 Å². The molecule has 136 valence electrons. The van der Waals surface area contributed by atoms with Crippen LogP contribution in [0.25, 0.3) is 6.08 Å². The fourth-order valence-corrected chi connectivity index (χ4v) is 2.92. The van der Waals surface area contributed by atoms with E-state index in [9.17, 15) is 18.0 Å². The van der Waals surface area contributed by atoms with Crippen LogP contribution in [0.2, 0.25) is 0 Å². The SMILES string of the molecule is CN(C)S(=O)(=O)c1cccc(C(=O)NNC(=O)/C=C/c2ccccc2)c1. The van der Waals surface area contributed by atoms with Gasteiger partial charge in [-0.3, -0.25) is 20.4 Å². The average Bonchev–Trinajstić information content (AvgIpc) is 2.65. The third-order valence-corrected chi connectivity index (χ3v) is 5.21. The summed E-state index contributed by atoms with van der Waals surface area (Å²) in [7, 11) is -0.840. The molecular weight excluding hydrogens is 354 g/mol. The van der Waals surface area contributed by atoms with E-state index in [1.54, 1.807) is 6.08 Å². The molecule has 2 aromatic rings. The number of benzene rings is 2. The van der Waals surface area contributed by atoms with Crippen LogP contribution in [0.3, 0.4) is 0 Å². The van der Waals surface area contributed by atoms with E-state index in [1.807, 2.05) is 30.3 Å². The number of amides is 2. The lowest BCUT2D eigenvalue weighted by Crippen LogP contribution is -2.40. The molecule has 0 aliphatic carbocycles. The molecule has 0 bridgehead atoms. The average molecular weight is 373 g/mol. The first-order chi connectivity index (χ1) is 12.3. The predicted octanol–water partition coefficient (Wildman–Crippen LogP) is 1.41. The molecule has 0 saturated carbocycles. The summed E-state index contributed by atoms with van der Waals surface area (Å²) in [5.74, 6) is -1.14. The molecule has 0 atom stereocenters. The Labute approximate surface area is 152 Å². The molecule has 2 rings (SSSR count). The fourth-order valence-electron chi connectivity index (χ4n) is 1.98. The Morgan fingerprint density at radius 2 is 1.65 bits per heavy atom. The second kappa shape index (κ2) is 8.41. The Kier molecular flexibility index (Phi) is 6.26. The molecule has 7 nitrogen and oxygen atoms in total. The second-order valence-corrected chi connectivity index (χ2v) is 7.65. The van der Waals surface area contributed by atoms with Gasteiger partial charge < -0.3 is 0 Å². The molecule has 26 heavy (non-hydrogen) atoms. The topological polar surface area (TPSA) is 95.6 Å². The van der Waals surface area contributed by atoms with Crippen LogP contribution in [0.1, 0.15) is 15.9 Å². The van der Waals surface area contributed by atoms with Crippen LogP contribution in [0.5, 0.6) is 0 Å². The zero-order valence-corrected chi connectivity index (χ0v) is 15.2. The lowest BCUT2D eigenvalue weighted by atomic mass is 10.2. The highest BCUT2D eigenvalue weighted by atomic mass is 32.2. The molecule has 0 unspecified atom stereocenters. The molecular formula is C18H19N3O4S. The fraction of sp³-hybridized carbons (Fsp3) is 0.111. The maximum Gasteiger partial charge on any atom is 0.269 e. The summed E-state index contributed by atoms with van der Waals surface area (Å²) in [6.07, 6.45) is 2.88. The van der Waals surface area contributed by atoms with Crippen molar-refractivity contribution in [3.05, 3.63) is 71.8 Å². The van der Waals surface area contributed by atoms with E-state index in [1.165, 1.54) is 44.4 Å². The van der Waals surface area contributed by atoms with Crippen LogP contribution in [0, 0.1) is 0 Å². The summed E-state index contributed by atoms with van der Waals surface area (Å²) in [5.41, 5.74) is 5.45. The second-order valence-electron chi connectivity index (χ2n) is 5.50. The smallest absolute Gasteiger partial charge is 0.268 e. The van der Waals surface area contributed by atoms with Crippen LogP contribution in [0.15, 0.2) is 65.6 Å². The molecule has 0 heterocycles. The summed E-state index contributed by atoms with van der Waals surface area (Å²) < 4.78 is 25.3. The highest BCUT2D eigenvalue weighted by Gasteiger charge is 2.18. The first kappa shape index (κ1) is 19.4. The van der Waals surface area contributed by atoms with Crippen molar-refractivity contribution in [2.24, 2.45) is 0 Å². The summed E-state index contributed by atoms with van der Waals surface area (Å²) in [4.78, 5) is 23.9. The number of hydrazine groups is 1. The van der Waals surface area contributed by atoms with Crippen molar-refractivity contribution < 1.29 is 18.0 Å². The Bertz CT molecular complexity index is 922. The molecule has 0 aliphatic rings. The standard InChI is InChI=1S/C18H19N3O4S/c1-21(2)26(24,25)16-10-6-9-15(13-16)18(23)20-19-17(22)12-11-14-7-4-3-5-8-14/h3-13H,1-2H3,(H,19,22)(H,20,23)/b12-11+. The Morgan fingerprint density at radius 1 is 0.962 bits per heavy atom. The zero-order chi connectivity index (χ0) is 19.2. The molecule has 0 aliphatic heterocycles. The van der Waals surface area contributed by atoms with Crippen LogP contribution < -0.4 is 10.9 Å². The van der Waals surface area contributed by atoms with Gasteiger partial charge in [-0.1, -0.05) is 36.4 Å². The first-order valence-corrected chi connectivity index (χ1v) is 9.11. The Morgan fingerprint density at radius 3 is 2.31 bits per heavy atom. The number of carbonyl (C=O) groups excluding carboxylic acids is 2. The molecule has 2 amide bonds. The molecule has 8 heteroatoms. The van der Waals surface area contributed by atoms with E-state index < -0.39 is 21.8 Å². The molecule has 0 fully saturated rings. The number of nitrogens with one attached hydrogen (secondary N) is 2. The van der Waals surface area contributed by atoms with Gasteiger partial charge in [0.2, 0.25) is 10.0 Å². The number of hydrogen-bond donors (Lipinski definition) is 2. The van der Waals surface area contributed by atoms with Crippen molar-refractivity contribution in [1.29, 1.82) is 0 Å². The third kappa shape index (κ3) is 5.01. The molecule has 0 saturated heterocycles. The van der Waals surface area contributed by atoms with Crippen LogP contribution in [-0.2, 0) is 14.8 Å². The van der Waals surface area contributed by atoms with Crippen LogP contribution >= 0.6 is 0 Å². The van der Waals surface area contributed by atoms with Crippen LogP contribution in [0.4, 0.5) is 0 Å². The zero-order valence-electron chi connectivity index (χ0n) is 14.3. The van der Waals surface area contributed by atoms with Gasteiger partial charge in [0, 0.05) is 25.7 Å². The minimum Gasteiger partial charge on any atom is -0.268 e. The lowest BCUT2D eigenvalue weighted by Gasteiger charge is -2.12. The third-order valence-electron chi connectivity index (χ3n) is 3.40. The lowest BCUT2D eigenvalue weighted by molar-refractivity contribution is -0.117. The van der Waals surface area contributed by atoms with Crippen molar-refractivity contribution >= 4 is 27.9 Å². The number of hydrogen-bond acceptors (Lipinski definition) is 4. The van der Waals surface area contributed by atoms with E-state index in [2.05, 4.69) is 10.9 Å². The van der Waals surface area contributed by atoms with E-state index >= 15 is 0 Å². The quantitative estimate of drug-likeness (QED) is 0.612. The molecule has 0 spiro atoms. The van der Waals surface area contributed by atoms with Gasteiger partial charge in [0.15, 0.2) is 0 Å². The van der Waals surface area contributed by atoms with Crippen molar-refractivity contribution in [2.75, 3.05) is 14.1 Å². The minimum atomic E-state index is -3.65. The summed E-state index contributed by atoms with van der Waals surface area (Å²) in [6.45, 7) is 0. The number of carbonyl (C=O) groups is 2. The monoisotopic (exact) mass is 373 g/mol. The highest BCUT2D eigenvalue weighted by Crippen LogP contribution is 2.14. The maximum absolute atomic E-state index is 12.1.